The summed E-state index contributed by atoms with van der Waals surface area (Å²) in [4.78, 5) is 21.0. The van der Waals surface area contributed by atoms with Crippen LogP contribution in [0, 0.1) is 5.92 Å². The highest BCUT2D eigenvalue weighted by Crippen LogP contribution is 2.21. The Kier molecular flexibility index (Phi) is 7.43. The van der Waals surface area contributed by atoms with E-state index in [0.29, 0.717) is 12.3 Å². The zero-order chi connectivity index (χ0) is 19.8. The van der Waals surface area contributed by atoms with Crippen molar-refractivity contribution in [3.8, 4) is 5.75 Å². The summed E-state index contributed by atoms with van der Waals surface area (Å²) < 4.78 is 5.45. The van der Waals surface area contributed by atoms with Crippen molar-refractivity contribution < 1.29 is 9.53 Å². The lowest BCUT2D eigenvalue weighted by Crippen LogP contribution is -2.40. The first-order valence-electron chi connectivity index (χ1n) is 10.1. The Morgan fingerprint density at radius 1 is 1.21 bits per heavy atom. The van der Waals surface area contributed by atoms with Crippen LogP contribution in [-0.2, 0) is 17.6 Å². The van der Waals surface area contributed by atoms with Crippen LogP contribution < -0.4 is 4.74 Å². The topological polar surface area (TPSA) is 45.7 Å². The normalized spacial score (nSPS) is 15.4. The number of pyridine rings is 1. The van der Waals surface area contributed by atoms with E-state index in [1.165, 1.54) is 5.56 Å². The minimum absolute atomic E-state index is 0.173. The van der Waals surface area contributed by atoms with Crippen molar-refractivity contribution in [2.24, 2.45) is 5.92 Å². The summed E-state index contributed by atoms with van der Waals surface area (Å²) in [6.45, 7) is 4.11. The molecule has 0 saturated carbocycles. The first kappa shape index (κ1) is 20.3. The molecule has 5 nitrogen and oxygen atoms in total. The number of likely N-dealkylation sites (N-methyl/N-ethyl adjacent to an activating group) is 1. The van der Waals surface area contributed by atoms with Gasteiger partial charge in [-0.15, -0.1) is 0 Å². The molecule has 1 aromatic carbocycles. The SMILES string of the molecule is COc1ccccc1CCN1CCC(CN(C)C(=O)Cc2cccnc2)CC1. The van der Waals surface area contributed by atoms with Crippen molar-refractivity contribution in [2.75, 3.05) is 40.3 Å². The van der Waals surface area contributed by atoms with Gasteiger partial charge in [-0.3, -0.25) is 9.78 Å². The maximum Gasteiger partial charge on any atom is 0.226 e. The van der Waals surface area contributed by atoms with Gasteiger partial charge in [0.15, 0.2) is 0 Å². The number of piperidine rings is 1. The fraction of sp³-hybridized carbons (Fsp3) is 0.478. The molecule has 1 aliphatic heterocycles. The van der Waals surface area contributed by atoms with E-state index in [1.807, 2.05) is 36.2 Å². The van der Waals surface area contributed by atoms with Crippen molar-refractivity contribution in [1.82, 2.24) is 14.8 Å². The van der Waals surface area contributed by atoms with Crippen molar-refractivity contribution >= 4 is 5.91 Å². The summed E-state index contributed by atoms with van der Waals surface area (Å²) in [5, 5.41) is 0. The molecule has 150 valence electrons. The lowest BCUT2D eigenvalue weighted by atomic mass is 9.95. The lowest BCUT2D eigenvalue weighted by Gasteiger charge is -2.34. The monoisotopic (exact) mass is 381 g/mol. The number of hydrogen-bond acceptors (Lipinski definition) is 4. The Morgan fingerprint density at radius 2 is 2.00 bits per heavy atom. The first-order chi connectivity index (χ1) is 13.7. The molecule has 0 spiro atoms. The number of aromatic nitrogens is 1. The third-order valence-corrected chi connectivity index (χ3v) is 5.63. The highest BCUT2D eigenvalue weighted by Gasteiger charge is 2.22. The fourth-order valence-corrected chi connectivity index (χ4v) is 3.88. The zero-order valence-corrected chi connectivity index (χ0v) is 17.0. The Labute approximate surface area is 168 Å². The Morgan fingerprint density at radius 3 is 2.71 bits per heavy atom. The highest BCUT2D eigenvalue weighted by molar-refractivity contribution is 5.78. The van der Waals surface area contributed by atoms with Crippen LogP contribution in [0.2, 0.25) is 0 Å². The largest absolute Gasteiger partial charge is 0.496 e. The van der Waals surface area contributed by atoms with E-state index in [-0.39, 0.29) is 5.91 Å². The van der Waals surface area contributed by atoms with Crippen LogP contribution in [0.1, 0.15) is 24.0 Å². The van der Waals surface area contributed by atoms with Crippen molar-refractivity contribution in [3.05, 3.63) is 59.9 Å². The van der Waals surface area contributed by atoms with E-state index in [2.05, 4.69) is 22.0 Å². The quantitative estimate of drug-likeness (QED) is 0.705. The predicted octanol–water partition coefficient (Wildman–Crippen LogP) is 3.05. The molecule has 1 amide bonds. The standard InChI is InChI=1S/C23H31N3O2/c1-25(23(27)16-20-6-5-12-24-17-20)18-19-9-13-26(14-10-19)15-11-21-7-3-4-8-22(21)28-2/h3-8,12,17,19H,9-11,13-16,18H2,1-2H3. The van der Waals surface area contributed by atoms with Gasteiger partial charge < -0.3 is 14.5 Å². The summed E-state index contributed by atoms with van der Waals surface area (Å²) in [5.74, 6) is 1.74. The molecule has 0 unspecified atom stereocenters. The molecule has 1 saturated heterocycles. The van der Waals surface area contributed by atoms with E-state index >= 15 is 0 Å². The Hall–Kier alpha value is -2.40. The van der Waals surface area contributed by atoms with Gasteiger partial charge in [-0.05, 0) is 61.5 Å². The number of methoxy groups -OCH3 is 1. The van der Waals surface area contributed by atoms with Crippen LogP contribution >= 0.6 is 0 Å². The van der Waals surface area contributed by atoms with Gasteiger partial charge in [0.05, 0.1) is 13.5 Å². The molecule has 2 heterocycles. The van der Waals surface area contributed by atoms with Gasteiger partial charge in [-0.1, -0.05) is 24.3 Å². The van der Waals surface area contributed by atoms with E-state index in [9.17, 15) is 4.79 Å². The van der Waals surface area contributed by atoms with E-state index < -0.39 is 0 Å². The van der Waals surface area contributed by atoms with Crippen LogP contribution in [0.3, 0.4) is 0 Å². The van der Waals surface area contributed by atoms with Crippen molar-refractivity contribution in [3.63, 3.8) is 0 Å². The lowest BCUT2D eigenvalue weighted by molar-refractivity contribution is -0.129. The number of para-hydroxylation sites is 1. The zero-order valence-electron chi connectivity index (χ0n) is 17.0. The number of ether oxygens (including phenoxy) is 1. The molecule has 0 aliphatic carbocycles. The van der Waals surface area contributed by atoms with Gasteiger partial charge in [-0.2, -0.15) is 0 Å². The molecule has 5 heteroatoms. The molecule has 0 radical (unpaired) electrons. The molecule has 1 fully saturated rings. The molecule has 3 rings (SSSR count). The minimum Gasteiger partial charge on any atom is -0.496 e. The summed E-state index contributed by atoms with van der Waals surface area (Å²) in [6, 6.07) is 12.1. The average molecular weight is 382 g/mol. The van der Waals surface area contributed by atoms with Crippen LogP contribution in [0.15, 0.2) is 48.8 Å². The number of likely N-dealkylation sites (tertiary alicyclic amines) is 1. The number of rotatable bonds is 8. The van der Waals surface area contributed by atoms with Crippen LogP contribution in [-0.4, -0.2) is 61.0 Å². The number of hydrogen-bond donors (Lipinski definition) is 0. The van der Waals surface area contributed by atoms with Gasteiger partial charge in [0.1, 0.15) is 5.75 Å². The van der Waals surface area contributed by atoms with Crippen molar-refractivity contribution in [1.29, 1.82) is 0 Å². The molecular formula is C23H31N3O2. The van der Waals surface area contributed by atoms with Crippen LogP contribution in [0.4, 0.5) is 0 Å². The predicted molar refractivity (Wildman–Crippen MR) is 111 cm³/mol. The van der Waals surface area contributed by atoms with E-state index in [0.717, 1.165) is 56.8 Å². The molecule has 2 aromatic rings. The molecule has 1 aliphatic rings. The smallest absolute Gasteiger partial charge is 0.226 e. The minimum atomic E-state index is 0.173. The number of carbonyl (C=O) groups is 1. The maximum absolute atomic E-state index is 12.4. The second-order valence-corrected chi connectivity index (χ2v) is 7.66. The molecule has 0 bridgehead atoms. The number of carbonyl (C=O) groups excluding carboxylic acids is 1. The van der Waals surface area contributed by atoms with Crippen molar-refractivity contribution in [2.45, 2.75) is 25.7 Å². The second kappa shape index (κ2) is 10.2. The summed E-state index contributed by atoms with van der Waals surface area (Å²) in [7, 11) is 3.66. The molecule has 0 atom stereocenters. The third-order valence-electron chi connectivity index (χ3n) is 5.63. The number of amides is 1. The summed E-state index contributed by atoms with van der Waals surface area (Å²) in [6.07, 6.45) is 7.25. The molecular weight excluding hydrogens is 350 g/mol. The maximum atomic E-state index is 12.4. The first-order valence-corrected chi connectivity index (χ1v) is 10.1. The molecule has 0 N–H and O–H groups in total. The van der Waals surface area contributed by atoms with Gasteiger partial charge >= 0.3 is 0 Å². The van der Waals surface area contributed by atoms with E-state index in [1.54, 1.807) is 19.5 Å². The third kappa shape index (κ3) is 5.80. The van der Waals surface area contributed by atoms with E-state index in [4.69, 9.17) is 4.74 Å². The number of benzene rings is 1. The van der Waals surface area contributed by atoms with Gasteiger partial charge in [0.25, 0.3) is 0 Å². The molecule has 28 heavy (non-hydrogen) atoms. The van der Waals surface area contributed by atoms with Crippen LogP contribution in [0.25, 0.3) is 0 Å². The van der Waals surface area contributed by atoms with Gasteiger partial charge in [0, 0.05) is 32.5 Å². The summed E-state index contributed by atoms with van der Waals surface area (Å²) in [5.41, 5.74) is 2.25. The Bertz CT molecular complexity index is 743. The summed E-state index contributed by atoms with van der Waals surface area (Å²) >= 11 is 0. The highest BCUT2D eigenvalue weighted by atomic mass is 16.5. The van der Waals surface area contributed by atoms with Gasteiger partial charge in [-0.25, -0.2) is 0 Å². The Balaban J connectivity index is 1.39. The second-order valence-electron chi connectivity index (χ2n) is 7.66. The molecule has 1 aromatic heterocycles. The van der Waals surface area contributed by atoms with Gasteiger partial charge in [0.2, 0.25) is 5.91 Å². The fourth-order valence-electron chi connectivity index (χ4n) is 3.88. The average Bonchev–Trinajstić information content (AvgIpc) is 2.74. The number of nitrogens with zero attached hydrogens (tertiary/aromatic N) is 3. The van der Waals surface area contributed by atoms with Crippen LogP contribution in [0.5, 0.6) is 5.75 Å².